The predicted octanol–water partition coefficient (Wildman–Crippen LogP) is 2.94. The summed E-state index contributed by atoms with van der Waals surface area (Å²) in [6.45, 7) is 6.50. The number of rotatable bonds is 3. The molecule has 1 aliphatic heterocycles. The van der Waals surface area contributed by atoms with Crippen molar-refractivity contribution in [3.63, 3.8) is 0 Å². The minimum atomic E-state index is 0.0706. The Morgan fingerprint density at radius 3 is 2.77 bits per heavy atom. The lowest BCUT2D eigenvalue weighted by Gasteiger charge is -2.45. The van der Waals surface area contributed by atoms with Crippen LogP contribution in [0.5, 0.6) is 0 Å². The Hall–Kier alpha value is -2.01. The minimum Gasteiger partial charge on any atom is -0.350 e. The molecular formula is C21H30N4O. The number of nitrogens with zero attached hydrogens (tertiary/aromatic N) is 3. The predicted molar refractivity (Wildman–Crippen MR) is 106 cm³/mol. The Morgan fingerprint density at radius 2 is 2.04 bits per heavy atom. The lowest BCUT2D eigenvalue weighted by atomic mass is 9.74. The zero-order valence-electron chi connectivity index (χ0n) is 16.3. The molecule has 0 radical (unpaired) electrons. The van der Waals surface area contributed by atoms with Crippen LogP contribution in [-0.2, 0) is 13.5 Å². The van der Waals surface area contributed by atoms with Gasteiger partial charge in [0.1, 0.15) is 0 Å². The SMILES string of the molecule is CCN(CC)C(=O)N[C@H]1CC2c3cccc4c3c(cn4C)C[C@H]2N(C)C1. The summed E-state index contributed by atoms with van der Waals surface area (Å²) in [5.41, 5.74) is 4.26. The Bertz CT molecular complexity index is 823. The first kappa shape index (κ1) is 17.4. The van der Waals surface area contributed by atoms with Gasteiger partial charge in [0, 0.05) is 61.8 Å². The van der Waals surface area contributed by atoms with Crippen molar-refractivity contribution in [2.24, 2.45) is 7.05 Å². The molecule has 26 heavy (non-hydrogen) atoms. The normalized spacial score (nSPS) is 25.2. The fourth-order valence-electron chi connectivity index (χ4n) is 5.10. The zero-order valence-corrected chi connectivity index (χ0v) is 16.3. The summed E-state index contributed by atoms with van der Waals surface area (Å²) in [5.74, 6) is 0.481. The van der Waals surface area contributed by atoms with Gasteiger partial charge in [0.25, 0.3) is 0 Å². The minimum absolute atomic E-state index is 0.0706. The first-order chi connectivity index (χ1) is 12.5. The number of aryl methyl sites for hydroxylation is 1. The van der Waals surface area contributed by atoms with Crippen molar-refractivity contribution < 1.29 is 4.79 Å². The van der Waals surface area contributed by atoms with Crippen LogP contribution in [0.3, 0.4) is 0 Å². The Labute approximate surface area is 155 Å². The van der Waals surface area contributed by atoms with E-state index in [0.29, 0.717) is 12.0 Å². The van der Waals surface area contributed by atoms with Gasteiger partial charge in [0.2, 0.25) is 0 Å². The maximum atomic E-state index is 12.5. The quantitative estimate of drug-likeness (QED) is 0.921. The maximum absolute atomic E-state index is 12.5. The van der Waals surface area contributed by atoms with Crippen LogP contribution in [0.25, 0.3) is 10.9 Å². The third kappa shape index (κ3) is 2.69. The van der Waals surface area contributed by atoms with Gasteiger partial charge < -0.3 is 19.7 Å². The monoisotopic (exact) mass is 354 g/mol. The molecule has 1 aromatic heterocycles. The van der Waals surface area contributed by atoms with Gasteiger partial charge in [-0.2, -0.15) is 0 Å². The van der Waals surface area contributed by atoms with Crippen LogP contribution < -0.4 is 5.32 Å². The van der Waals surface area contributed by atoms with Crippen molar-refractivity contribution in [3.05, 3.63) is 35.5 Å². The van der Waals surface area contributed by atoms with E-state index in [1.807, 2.05) is 18.7 Å². The first-order valence-corrected chi connectivity index (χ1v) is 9.85. The van der Waals surface area contributed by atoms with Crippen LogP contribution in [-0.4, -0.2) is 59.2 Å². The molecule has 1 fully saturated rings. The molecule has 2 amide bonds. The van der Waals surface area contributed by atoms with Crippen molar-refractivity contribution in [1.29, 1.82) is 0 Å². The van der Waals surface area contributed by atoms with E-state index in [0.717, 1.165) is 32.5 Å². The molecule has 2 heterocycles. The van der Waals surface area contributed by atoms with Crippen molar-refractivity contribution in [2.75, 3.05) is 26.7 Å². The second-order valence-electron chi connectivity index (χ2n) is 7.88. The van der Waals surface area contributed by atoms with Gasteiger partial charge >= 0.3 is 6.03 Å². The number of likely N-dealkylation sites (N-methyl/N-ethyl adjacent to an activating group) is 1. The number of carbonyl (C=O) groups excluding carboxylic acids is 1. The summed E-state index contributed by atoms with van der Waals surface area (Å²) in [6, 6.07) is 7.50. The number of fused-ring (bicyclic) bond motifs is 2. The summed E-state index contributed by atoms with van der Waals surface area (Å²) in [5, 5.41) is 4.73. The summed E-state index contributed by atoms with van der Waals surface area (Å²) in [4.78, 5) is 16.8. The maximum Gasteiger partial charge on any atom is 0.317 e. The number of hydrogen-bond donors (Lipinski definition) is 1. The highest BCUT2D eigenvalue weighted by Gasteiger charge is 2.40. The van der Waals surface area contributed by atoms with E-state index in [1.54, 1.807) is 0 Å². The molecule has 5 heteroatoms. The fraction of sp³-hybridized carbons (Fsp3) is 0.571. The van der Waals surface area contributed by atoms with Crippen LogP contribution >= 0.6 is 0 Å². The van der Waals surface area contributed by atoms with Gasteiger partial charge in [-0.15, -0.1) is 0 Å². The molecule has 1 saturated heterocycles. The third-order valence-corrected chi connectivity index (χ3v) is 6.41. The number of urea groups is 1. The first-order valence-electron chi connectivity index (χ1n) is 9.85. The van der Waals surface area contributed by atoms with Crippen LogP contribution in [0.1, 0.15) is 37.3 Å². The van der Waals surface area contributed by atoms with Crippen LogP contribution in [0.15, 0.2) is 24.4 Å². The molecule has 2 aliphatic rings. The van der Waals surface area contributed by atoms with E-state index in [4.69, 9.17) is 0 Å². The number of amides is 2. The summed E-state index contributed by atoms with van der Waals surface area (Å²) < 4.78 is 2.26. The van der Waals surface area contributed by atoms with E-state index in [2.05, 4.69) is 53.3 Å². The van der Waals surface area contributed by atoms with Gasteiger partial charge in [-0.05, 0) is 50.9 Å². The number of aromatic nitrogens is 1. The molecule has 4 rings (SSSR count). The van der Waals surface area contributed by atoms with Crippen molar-refractivity contribution in [3.8, 4) is 0 Å². The number of likely N-dealkylation sites (tertiary alicyclic amines) is 1. The zero-order chi connectivity index (χ0) is 18.4. The highest BCUT2D eigenvalue weighted by Crippen LogP contribution is 2.43. The van der Waals surface area contributed by atoms with Crippen molar-refractivity contribution in [1.82, 2.24) is 19.7 Å². The van der Waals surface area contributed by atoms with E-state index in [-0.39, 0.29) is 12.1 Å². The van der Waals surface area contributed by atoms with Crippen LogP contribution in [0.2, 0.25) is 0 Å². The summed E-state index contributed by atoms with van der Waals surface area (Å²) in [7, 11) is 4.35. The molecule has 0 bridgehead atoms. The lowest BCUT2D eigenvalue weighted by Crippen LogP contribution is -2.56. The Kier molecular flexibility index (Phi) is 4.43. The van der Waals surface area contributed by atoms with E-state index >= 15 is 0 Å². The topological polar surface area (TPSA) is 40.5 Å². The molecule has 1 aromatic carbocycles. The molecule has 0 spiro atoms. The number of carbonyl (C=O) groups is 1. The molecule has 1 unspecified atom stereocenters. The van der Waals surface area contributed by atoms with E-state index in [9.17, 15) is 4.79 Å². The van der Waals surface area contributed by atoms with Gasteiger partial charge in [0.05, 0.1) is 0 Å². The summed E-state index contributed by atoms with van der Waals surface area (Å²) in [6.07, 6.45) is 4.42. The molecule has 3 atom stereocenters. The number of nitrogens with one attached hydrogen (secondary N) is 1. The van der Waals surface area contributed by atoms with E-state index in [1.165, 1.54) is 22.0 Å². The second-order valence-corrected chi connectivity index (χ2v) is 7.88. The molecular weight excluding hydrogens is 324 g/mol. The third-order valence-electron chi connectivity index (χ3n) is 6.41. The molecule has 2 aromatic rings. The smallest absolute Gasteiger partial charge is 0.317 e. The number of benzene rings is 1. The average Bonchev–Trinajstić information content (AvgIpc) is 2.94. The fourth-order valence-corrected chi connectivity index (χ4v) is 5.10. The molecule has 0 saturated carbocycles. The Balaban J connectivity index is 1.63. The standard InChI is InChI=1S/C21H30N4O/c1-5-25(6-2)21(26)22-15-11-17-16-8-7-9-18-20(16)14(12-23(18)3)10-19(17)24(4)13-15/h7-9,12,15,17,19H,5-6,10-11,13H2,1-4H3,(H,22,26)/t15-,17?,19+/m0/s1. The number of piperidine rings is 1. The highest BCUT2D eigenvalue weighted by molar-refractivity contribution is 5.89. The van der Waals surface area contributed by atoms with Gasteiger partial charge in [-0.3, -0.25) is 0 Å². The van der Waals surface area contributed by atoms with Gasteiger partial charge in [-0.25, -0.2) is 4.79 Å². The molecule has 5 nitrogen and oxygen atoms in total. The van der Waals surface area contributed by atoms with Crippen molar-refractivity contribution >= 4 is 16.9 Å². The largest absolute Gasteiger partial charge is 0.350 e. The number of hydrogen-bond acceptors (Lipinski definition) is 2. The average molecular weight is 354 g/mol. The van der Waals surface area contributed by atoms with Crippen LogP contribution in [0.4, 0.5) is 4.79 Å². The van der Waals surface area contributed by atoms with Crippen LogP contribution in [0, 0.1) is 0 Å². The lowest BCUT2D eigenvalue weighted by molar-refractivity contribution is 0.124. The molecule has 140 valence electrons. The van der Waals surface area contributed by atoms with E-state index < -0.39 is 0 Å². The highest BCUT2D eigenvalue weighted by atomic mass is 16.2. The second kappa shape index (κ2) is 6.62. The molecule has 1 N–H and O–H groups in total. The molecule has 1 aliphatic carbocycles. The van der Waals surface area contributed by atoms with Gasteiger partial charge in [-0.1, -0.05) is 12.1 Å². The summed E-state index contributed by atoms with van der Waals surface area (Å²) >= 11 is 0. The van der Waals surface area contributed by atoms with Gasteiger partial charge in [0.15, 0.2) is 0 Å². The Morgan fingerprint density at radius 1 is 1.27 bits per heavy atom. The van der Waals surface area contributed by atoms with Crippen molar-refractivity contribution in [2.45, 2.75) is 44.7 Å².